The summed E-state index contributed by atoms with van der Waals surface area (Å²) >= 11 is 5.44. The van der Waals surface area contributed by atoms with Crippen LogP contribution in [0, 0.1) is 0 Å². The summed E-state index contributed by atoms with van der Waals surface area (Å²) in [6, 6.07) is 0. The van der Waals surface area contributed by atoms with Gasteiger partial charge in [0.15, 0.2) is 0 Å². The zero-order chi connectivity index (χ0) is 11.9. The Balaban J connectivity index is 4.37. The summed E-state index contributed by atoms with van der Waals surface area (Å²) in [4.78, 5) is 0. The standard InChI is InChI=1S/C10H24NO2PS/c1-6-9(4)12-14(15,11-8-3)13-10(5)7-2/h9-10H,6-8H2,1-5H3,(H,11,15). The molecule has 15 heavy (non-hydrogen) atoms. The molecule has 0 aromatic rings. The van der Waals surface area contributed by atoms with Gasteiger partial charge in [0, 0.05) is 6.54 Å². The molecule has 2 unspecified atom stereocenters. The smallest absolute Gasteiger partial charge is 0.261 e. The Morgan fingerprint density at radius 1 is 1.07 bits per heavy atom. The van der Waals surface area contributed by atoms with E-state index in [-0.39, 0.29) is 12.2 Å². The molecule has 0 aliphatic carbocycles. The monoisotopic (exact) mass is 253 g/mol. The van der Waals surface area contributed by atoms with Crippen molar-refractivity contribution in [2.45, 2.75) is 59.7 Å². The Bertz CT molecular complexity index is 198. The van der Waals surface area contributed by atoms with Crippen molar-refractivity contribution in [3.05, 3.63) is 0 Å². The highest BCUT2D eigenvalue weighted by atomic mass is 32.5. The van der Waals surface area contributed by atoms with Crippen LogP contribution < -0.4 is 5.09 Å². The first kappa shape index (κ1) is 15.5. The average Bonchev–Trinajstić information content (AvgIpc) is 2.17. The van der Waals surface area contributed by atoms with Crippen LogP contribution in [0.4, 0.5) is 0 Å². The molecule has 0 heterocycles. The lowest BCUT2D eigenvalue weighted by molar-refractivity contribution is 0.148. The Labute approximate surface area is 99.2 Å². The van der Waals surface area contributed by atoms with E-state index in [4.69, 9.17) is 20.9 Å². The maximum atomic E-state index is 5.79. The van der Waals surface area contributed by atoms with Gasteiger partial charge in [0.2, 0.25) is 0 Å². The maximum absolute atomic E-state index is 5.79. The molecule has 0 saturated carbocycles. The van der Waals surface area contributed by atoms with E-state index >= 15 is 0 Å². The maximum Gasteiger partial charge on any atom is 0.261 e. The van der Waals surface area contributed by atoms with Crippen LogP contribution in [0.15, 0.2) is 0 Å². The fourth-order valence-corrected chi connectivity index (χ4v) is 4.02. The predicted octanol–water partition coefficient (Wildman–Crippen LogP) is 3.45. The summed E-state index contributed by atoms with van der Waals surface area (Å²) in [5.74, 6) is 0. The second-order valence-corrected chi connectivity index (χ2v) is 6.83. The van der Waals surface area contributed by atoms with Crippen LogP contribution in [0.3, 0.4) is 0 Å². The van der Waals surface area contributed by atoms with Gasteiger partial charge < -0.3 is 9.05 Å². The molecule has 0 saturated heterocycles. The van der Waals surface area contributed by atoms with Crippen LogP contribution in [-0.4, -0.2) is 18.8 Å². The minimum Gasteiger partial charge on any atom is -0.315 e. The lowest BCUT2D eigenvalue weighted by atomic mass is 10.3. The summed E-state index contributed by atoms with van der Waals surface area (Å²) in [6.07, 6.45) is 2.21. The van der Waals surface area contributed by atoms with Crippen LogP contribution in [-0.2, 0) is 20.9 Å². The van der Waals surface area contributed by atoms with E-state index in [2.05, 4.69) is 18.9 Å². The van der Waals surface area contributed by atoms with Crippen LogP contribution in [0.5, 0.6) is 0 Å². The Kier molecular flexibility index (Phi) is 8.02. The quantitative estimate of drug-likeness (QED) is 0.671. The van der Waals surface area contributed by atoms with Crippen molar-refractivity contribution in [1.82, 2.24) is 5.09 Å². The van der Waals surface area contributed by atoms with E-state index in [1.807, 2.05) is 20.8 Å². The molecule has 0 aromatic heterocycles. The SMILES string of the molecule is CCNP(=S)(OC(C)CC)OC(C)CC. The van der Waals surface area contributed by atoms with Crippen molar-refractivity contribution in [2.24, 2.45) is 0 Å². The summed E-state index contributed by atoms with van der Waals surface area (Å²) in [5.41, 5.74) is 0. The summed E-state index contributed by atoms with van der Waals surface area (Å²) in [7, 11) is 0. The zero-order valence-corrected chi connectivity index (χ0v) is 12.2. The molecule has 0 fully saturated rings. The largest absolute Gasteiger partial charge is 0.315 e. The van der Waals surface area contributed by atoms with Gasteiger partial charge >= 0.3 is 0 Å². The van der Waals surface area contributed by atoms with Gasteiger partial charge in [-0.2, -0.15) is 0 Å². The second-order valence-electron chi connectivity index (χ2n) is 3.66. The van der Waals surface area contributed by atoms with Crippen LogP contribution in [0.1, 0.15) is 47.5 Å². The van der Waals surface area contributed by atoms with E-state index in [9.17, 15) is 0 Å². The summed E-state index contributed by atoms with van der Waals surface area (Å²) in [5, 5.41) is 3.17. The van der Waals surface area contributed by atoms with Gasteiger partial charge in [-0.15, -0.1) is 0 Å². The fraction of sp³-hybridized carbons (Fsp3) is 1.00. The highest BCUT2D eigenvalue weighted by molar-refractivity contribution is 8.09. The molecule has 5 heteroatoms. The molecular formula is C10H24NO2PS. The molecule has 0 radical (unpaired) electrons. The Morgan fingerprint density at radius 3 is 1.73 bits per heavy atom. The molecule has 0 aliphatic heterocycles. The highest BCUT2D eigenvalue weighted by Crippen LogP contribution is 2.47. The molecule has 0 spiro atoms. The molecule has 92 valence electrons. The molecule has 0 aromatic carbocycles. The van der Waals surface area contributed by atoms with Crippen molar-refractivity contribution in [2.75, 3.05) is 6.54 Å². The minimum absolute atomic E-state index is 0.152. The van der Waals surface area contributed by atoms with Crippen LogP contribution >= 0.6 is 6.64 Å². The molecule has 1 N–H and O–H groups in total. The van der Waals surface area contributed by atoms with Crippen molar-refractivity contribution < 1.29 is 9.05 Å². The number of hydrogen-bond acceptors (Lipinski definition) is 3. The van der Waals surface area contributed by atoms with E-state index in [1.165, 1.54) is 0 Å². The van der Waals surface area contributed by atoms with Gasteiger partial charge in [-0.05, 0) is 38.5 Å². The second kappa shape index (κ2) is 7.75. The number of nitrogens with one attached hydrogen (secondary N) is 1. The van der Waals surface area contributed by atoms with Crippen LogP contribution in [0.2, 0.25) is 0 Å². The van der Waals surface area contributed by atoms with Gasteiger partial charge in [-0.25, -0.2) is 5.09 Å². The first-order chi connectivity index (χ1) is 6.97. The fourth-order valence-electron chi connectivity index (χ4n) is 0.916. The van der Waals surface area contributed by atoms with E-state index in [0.29, 0.717) is 0 Å². The Morgan fingerprint density at radius 2 is 1.47 bits per heavy atom. The summed E-state index contributed by atoms with van der Waals surface area (Å²) in [6.45, 7) is 8.73. The third-order valence-corrected chi connectivity index (χ3v) is 5.02. The molecule has 0 amide bonds. The molecule has 0 bridgehead atoms. The number of rotatable bonds is 8. The van der Waals surface area contributed by atoms with Gasteiger partial charge in [0.05, 0.1) is 12.2 Å². The summed E-state index contributed by atoms with van der Waals surface area (Å²) < 4.78 is 11.6. The molecular weight excluding hydrogens is 229 g/mol. The van der Waals surface area contributed by atoms with Crippen molar-refractivity contribution in [3.63, 3.8) is 0 Å². The molecule has 0 rings (SSSR count). The predicted molar refractivity (Wildman–Crippen MR) is 69.6 cm³/mol. The first-order valence-electron chi connectivity index (χ1n) is 5.69. The third-order valence-electron chi connectivity index (χ3n) is 2.14. The lowest BCUT2D eigenvalue weighted by Crippen LogP contribution is -2.20. The van der Waals surface area contributed by atoms with E-state index in [0.717, 1.165) is 19.4 Å². The topological polar surface area (TPSA) is 30.5 Å². The van der Waals surface area contributed by atoms with E-state index in [1.54, 1.807) is 0 Å². The normalized spacial score (nSPS) is 19.5. The third kappa shape index (κ3) is 6.64. The first-order valence-corrected chi connectivity index (χ1v) is 8.33. The van der Waals surface area contributed by atoms with Gasteiger partial charge in [-0.1, -0.05) is 20.8 Å². The zero-order valence-electron chi connectivity index (χ0n) is 10.4. The lowest BCUT2D eigenvalue weighted by Gasteiger charge is -2.28. The minimum atomic E-state index is -2.28. The van der Waals surface area contributed by atoms with E-state index < -0.39 is 6.64 Å². The molecule has 3 nitrogen and oxygen atoms in total. The number of hydrogen-bond donors (Lipinski definition) is 1. The average molecular weight is 253 g/mol. The van der Waals surface area contributed by atoms with Gasteiger partial charge in [0.25, 0.3) is 6.64 Å². The Hall–Kier alpha value is 0.530. The molecule has 2 atom stereocenters. The van der Waals surface area contributed by atoms with Crippen molar-refractivity contribution >= 4 is 18.4 Å². The van der Waals surface area contributed by atoms with Crippen LogP contribution in [0.25, 0.3) is 0 Å². The van der Waals surface area contributed by atoms with Gasteiger partial charge in [0.1, 0.15) is 0 Å². The molecule has 0 aliphatic rings. The highest BCUT2D eigenvalue weighted by Gasteiger charge is 2.22. The van der Waals surface area contributed by atoms with Crippen molar-refractivity contribution in [3.8, 4) is 0 Å². The van der Waals surface area contributed by atoms with Gasteiger partial charge in [-0.3, -0.25) is 0 Å². The van der Waals surface area contributed by atoms with Crippen molar-refractivity contribution in [1.29, 1.82) is 0 Å².